The van der Waals surface area contributed by atoms with E-state index >= 15 is 0 Å². The Labute approximate surface area is 312 Å². The van der Waals surface area contributed by atoms with Crippen LogP contribution < -0.4 is 4.90 Å². The predicted octanol–water partition coefficient (Wildman–Crippen LogP) is 7.81. The monoisotopic (exact) mass is 958 g/mol. The number of piperazine rings is 1. The molecule has 2 saturated heterocycles. The van der Waals surface area contributed by atoms with Crippen molar-refractivity contribution >= 4 is 95.7 Å². The van der Waals surface area contributed by atoms with Crippen molar-refractivity contribution in [3.63, 3.8) is 0 Å². The molecule has 4 aromatic rings. The fourth-order valence-corrected chi connectivity index (χ4v) is 7.52. The van der Waals surface area contributed by atoms with Crippen LogP contribution in [0.4, 0.5) is 5.82 Å². The summed E-state index contributed by atoms with van der Waals surface area (Å²) >= 11 is 7.33. The number of nitrogens with zero attached hydrogens (tertiary/aromatic N) is 8. The highest BCUT2D eigenvalue weighted by Crippen LogP contribution is 2.42. The number of fused-ring (bicyclic) bond motifs is 3. The maximum absolute atomic E-state index is 5.87. The molecule has 12 heteroatoms. The first-order chi connectivity index (χ1) is 22.1. The molecule has 2 aliphatic heterocycles. The van der Waals surface area contributed by atoms with Crippen LogP contribution in [-0.2, 0) is 11.8 Å². The Bertz CT molecular complexity index is 1750. The number of pyridine rings is 2. The number of hydrogen-bond acceptors (Lipinski definition) is 7. The van der Waals surface area contributed by atoms with Crippen molar-refractivity contribution in [2.75, 3.05) is 44.3 Å². The van der Waals surface area contributed by atoms with E-state index in [0.717, 1.165) is 103 Å². The van der Waals surface area contributed by atoms with Crippen LogP contribution in [0.15, 0.2) is 60.9 Å². The molecule has 0 amide bonds. The largest absolute Gasteiger partial charge is 0.381 e. The topological polar surface area (TPSA) is 77.1 Å². The minimum absolute atomic E-state index is 0.00133. The molecule has 4 aromatic heterocycles. The van der Waals surface area contributed by atoms with Crippen molar-refractivity contribution in [1.29, 1.82) is 0 Å². The third kappa shape index (κ3) is 7.20. The number of allylic oxidation sites excluding steroid dienone is 5. The van der Waals surface area contributed by atoms with Gasteiger partial charge in [0.2, 0.25) is 0 Å². The van der Waals surface area contributed by atoms with Gasteiger partial charge in [-0.25, -0.2) is 9.67 Å². The maximum atomic E-state index is 5.87. The second-order valence-electron chi connectivity index (χ2n) is 12.4. The molecule has 1 atom stereocenters. The molecule has 2 fully saturated rings. The number of anilines is 1. The summed E-state index contributed by atoms with van der Waals surface area (Å²) in [5, 5.41) is 9.68. The Balaban J connectivity index is 1.58. The molecule has 0 spiro atoms. The van der Waals surface area contributed by atoms with Crippen LogP contribution in [-0.4, -0.2) is 79.3 Å². The minimum atomic E-state index is -0.0129. The highest BCUT2D eigenvalue weighted by Gasteiger charge is 2.32. The van der Waals surface area contributed by atoms with Gasteiger partial charge < -0.3 is 14.2 Å². The minimum Gasteiger partial charge on any atom is -0.381 e. The standard InChI is InChI=1S/C34H41I3N8O/c1-6-24(8-7-13-34(35,36)37)32(25-11-18-46-19-12-25)45-28-20-26(31-23(4)40-41-42(31)5)21-38-30(28)27-9-10-29(39-33(27)45)44-16-14-43(15-17-44)22(2)3/h6-10,13,20-22,25,32H,1,11-12,14-19H2,2-5H3/b13-7-,24-8+/t32-/m1/s1. The van der Waals surface area contributed by atoms with Crippen molar-refractivity contribution in [2.45, 2.75) is 45.1 Å². The van der Waals surface area contributed by atoms with E-state index in [0.29, 0.717) is 12.0 Å². The van der Waals surface area contributed by atoms with Gasteiger partial charge in [0.15, 0.2) is 0 Å². The Kier molecular flexibility index (Phi) is 10.8. The van der Waals surface area contributed by atoms with E-state index in [-0.39, 0.29) is 5.48 Å². The lowest BCUT2D eigenvalue weighted by Gasteiger charge is -2.37. The van der Waals surface area contributed by atoms with Crippen LogP contribution in [0.2, 0.25) is 0 Å². The molecule has 46 heavy (non-hydrogen) atoms. The molecule has 0 bridgehead atoms. The lowest BCUT2D eigenvalue weighted by Crippen LogP contribution is -2.49. The van der Waals surface area contributed by atoms with E-state index in [9.17, 15) is 0 Å². The lowest BCUT2D eigenvalue weighted by atomic mass is 9.86. The molecule has 2 aliphatic rings. The van der Waals surface area contributed by atoms with Gasteiger partial charge in [-0.15, -0.1) is 5.10 Å². The van der Waals surface area contributed by atoms with Crippen LogP contribution in [0.5, 0.6) is 0 Å². The van der Waals surface area contributed by atoms with Crippen LogP contribution in [0.25, 0.3) is 33.3 Å². The van der Waals surface area contributed by atoms with Gasteiger partial charge in [-0.1, -0.05) is 97.8 Å². The first-order valence-electron chi connectivity index (χ1n) is 15.9. The summed E-state index contributed by atoms with van der Waals surface area (Å²) < 4.78 is 10.1. The van der Waals surface area contributed by atoms with Crippen LogP contribution in [0.3, 0.4) is 0 Å². The molecule has 9 nitrogen and oxygen atoms in total. The molecule has 0 N–H and O–H groups in total. The normalized spacial score (nSPS) is 18.4. The van der Waals surface area contributed by atoms with E-state index in [2.05, 4.69) is 149 Å². The van der Waals surface area contributed by atoms with E-state index in [4.69, 9.17) is 14.7 Å². The molecule has 0 aromatic carbocycles. The second kappa shape index (κ2) is 14.5. The van der Waals surface area contributed by atoms with Gasteiger partial charge in [0.25, 0.3) is 0 Å². The Hall–Kier alpha value is -1.63. The van der Waals surface area contributed by atoms with Gasteiger partial charge in [0, 0.05) is 69.6 Å². The van der Waals surface area contributed by atoms with Crippen molar-refractivity contribution in [3.8, 4) is 11.3 Å². The molecule has 6 rings (SSSR count). The highest BCUT2D eigenvalue weighted by molar-refractivity contribution is 14.3. The van der Waals surface area contributed by atoms with Crippen molar-refractivity contribution < 1.29 is 4.74 Å². The van der Waals surface area contributed by atoms with Crippen molar-refractivity contribution in [2.24, 2.45) is 13.0 Å². The molecule has 244 valence electrons. The summed E-state index contributed by atoms with van der Waals surface area (Å²) in [5.74, 6) is 1.36. The van der Waals surface area contributed by atoms with Crippen molar-refractivity contribution in [3.05, 3.63) is 66.5 Å². The number of ether oxygens (including phenoxy) is 1. The zero-order valence-corrected chi connectivity index (χ0v) is 33.3. The van der Waals surface area contributed by atoms with Crippen LogP contribution >= 0.6 is 67.8 Å². The maximum Gasteiger partial charge on any atom is 0.145 e. The smallest absolute Gasteiger partial charge is 0.145 e. The molecule has 6 heterocycles. The van der Waals surface area contributed by atoms with Gasteiger partial charge >= 0.3 is 0 Å². The number of alkyl halides is 3. The third-order valence-corrected chi connectivity index (χ3v) is 10.3. The van der Waals surface area contributed by atoms with Crippen LogP contribution in [0.1, 0.15) is 38.4 Å². The highest BCUT2D eigenvalue weighted by atomic mass is 127. The number of hydrogen-bond donors (Lipinski definition) is 0. The first kappa shape index (κ1) is 34.2. The van der Waals surface area contributed by atoms with E-state index in [1.54, 1.807) is 0 Å². The second-order valence-corrected chi connectivity index (χ2v) is 23.7. The average molecular weight is 958 g/mol. The van der Waals surface area contributed by atoms with E-state index in [1.165, 1.54) is 0 Å². The molecular weight excluding hydrogens is 917 g/mol. The molecule has 0 unspecified atom stereocenters. The summed E-state index contributed by atoms with van der Waals surface area (Å²) in [6, 6.07) is 7.21. The summed E-state index contributed by atoms with van der Waals surface area (Å²) in [6.07, 6.45) is 12.5. The number of halogens is 3. The third-order valence-electron chi connectivity index (χ3n) is 9.25. The first-order valence-corrected chi connectivity index (χ1v) is 19.1. The van der Waals surface area contributed by atoms with E-state index in [1.807, 2.05) is 30.9 Å². The number of aromatic nitrogens is 6. The molecular formula is C34H41I3N8O. The lowest BCUT2D eigenvalue weighted by molar-refractivity contribution is 0.0551. The van der Waals surface area contributed by atoms with Crippen molar-refractivity contribution in [1.82, 2.24) is 34.4 Å². The van der Waals surface area contributed by atoms with Gasteiger partial charge in [0.05, 0.1) is 28.5 Å². The molecule has 0 aliphatic carbocycles. The Morgan fingerprint density at radius 2 is 1.85 bits per heavy atom. The van der Waals surface area contributed by atoms with Gasteiger partial charge in [-0.05, 0) is 69.4 Å². The van der Waals surface area contributed by atoms with E-state index < -0.39 is 0 Å². The molecule has 0 radical (unpaired) electrons. The quantitative estimate of drug-likeness (QED) is 0.0964. The zero-order valence-electron chi connectivity index (χ0n) is 26.8. The Morgan fingerprint density at radius 3 is 2.48 bits per heavy atom. The summed E-state index contributed by atoms with van der Waals surface area (Å²) in [7, 11) is 1.94. The average Bonchev–Trinajstić information content (AvgIpc) is 3.55. The summed E-state index contributed by atoms with van der Waals surface area (Å²) in [4.78, 5) is 15.6. The fourth-order valence-electron chi connectivity index (χ4n) is 6.90. The number of rotatable bonds is 9. The van der Waals surface area contributed by atoms with Gasteiger partial charge in [-0.2, -0.15) is 0 Å². The van der Waals surface area contributed by atoms with Gasteiger partial charge in [0.1, 0.15) is 10.9 Å². The zero-order chi connectivity index (χ0) is 32.6. The summed E-state index contributed by atoms with van der Waals surface area (Å²) in [6.45, 7) is 16.4. The SMILES string of the molecule is C=C/C(=C\C=C/C(I)(I)I)[C@H](C1CCOCC1)n1c2cc(-c3c(C)nnn3C)cnc2c2ccc(N3CCN(C(C)C)CC3)nc21. The predicted molar refractivity (Wildman–Crippen MR) is 213 cm³/mol. The van der Waals surface area contributed by atoms with Crippen LogP contribution in [0, 0.1) is 12.8 Å². The fraction of sp³-hybridized carbons (Fsp3) is 0.471. The van der Waals surface area contributed by atoms with Gasteiger partial charge in [-0.3, -0.25) is 9.88 Å². The number of aryl methyl sites for hydroxylation is 2. The summed E-state index contributed by atoms with van der Waals surface area (Å²) in [5.41, 5.74) is 6.98. The Morgan fingerprint density at radius 1 is 1.11 bits per heavy atom. The molecule has 0 saturated carbocycles.